The Balaban J connectivity index is 1.79. The smallest absolute Gasteiger partial charge is 0.338 e. The lowest BCUT2D eigenvalue weighted by molar-refractivity contribution is -0.137. The number of hydrogen-bond donors (Lipinski definition) is 0. The molecule has 96 valence electrons. The molecule has 0 aliphatic carbocycles. The van der Waals surface area contributed by atoms with E-state index < -0.39 is 12.1 Å². The standard InChI is InChI=1S/C15H12O4/c16-14-8-13(9-18-14)19-15(17)12-6-5-10-3-1-2-4-11(10)7-12/h1-7,13H,8-9H2/t13-/m0/s1. The maximum Gasteiger partial charge on any atom is 0.338 e. The maximum absolute atomic E-state index is 12.0. The van der Waals surface area contributed by atoms with Crippen LogP contribution in [0.3, 0.4) is 0 Å². The second-order valence-corrected chi connectivity index (χ2v) is 4.48. The largest absolute Gasteiger partial charge is 0.462 e. The van der Waals surface area contributed by atoms with Gasteiger partial charge in [-0.15, -0.1) is 0 Å². The minimum absolute atomic E-state index is 0.138. The number of rotatable bonds is 2. The average Bonchev–Trinajstić information content (AvgIpc) is 2.83. The quantitative estimate of drug-likeness (QED) is 0.774. The van der Waals surface area contributed by atoms with E-state index in [2.05, 4.69) is 0 Å². The summed E-state index contributed by atoms with van der Waals surface area (Å²) in [6.07, 6.45) is -0.328. The van der Waals surface area contributed by atoms with Crippen molar-refractivity contribution < 1.29 is 19.1 Å². The Kier molecular flexibility index (Phi) is 2.91. The van der Waals surface area contributed by atoms with Crippen molar-refractivity contribution in [2.45, 2.75) is 12.5 Å². The molecule has 1 fully saturated rings. The van der Waals surface area contributed by atoms with E-state index in [4.69, 9.17) is 9.47 Å². The number of cyclic esters (lactones) is 1. The highest BCUT2D eigenvalue weighted by Gasteiger charge is 2.27. The molecule has 0 unspecified atom stereocenters. The Hall–Kier alpha value is -2.36. The summed E-state index contributed by atoms with van der Waals surface area (Å²) in [5.74, 6) is -0.745. The fraction of sp³-hybridized carbons (Fsp3) is 0.200. The van der Waals surface area contributed by atoms with Gasteiger partial charge >= 0.3 is 11.9 Å². The molecule has 0 bridgehead atoms. The first-order valence-corrected chi connectivity index (χ1v) is 6.08. The summed E-state index contributed by atoms with van der Waals surface area (Å²) < 4.78 is 9.99. The molecule has 0 amide bonds. The van der Waals surface area contributed by atoms with E-state index in [1.165, 1.54) is 0 Å². The number of benzene rings is 2. The summed E-state index contributed by atoms with van der Waals surface area (Å²) in [6.45, 7) is 0.151. The van der Waals surface area contributed by atoms with Crippen LogP contribution in [0.4, 0.5) is 0 Å². The fourth-order valence-corrected chi connectivity index (χ4v) is 2.10. The van der Waals surface area contributed by atoms with Crippen molar-refractivity contribution in [1.29, 1.82) is 0 Å². The summed E-state index contributed by atoms with van der Waals surface area (Å²) in [6, 6.07) is 13.2. The van der Waals surface area contributed by atoms with Crippen LogP contribution in [0, 0.1) is 0 Å². The third-order valence-electron chi connectivity index (χ3n) is 3.08. The van der Waals surface area contributed by atoms with E-state index >= 15 is 0 Å². The van der Waals surface area contributed by atoms with Crippen LogP contribution in [0.2, 0.25) is 0 Å². The van der Waals surface area contributed by atoms with Gasteiger partial charge in [0.05, 0.1) is 12.0 Å². The molecule has 0 saturated carbocycles. The van der Waals surface area contributed by atoms with Crippen LogP contribution >= 0.6 is 0 Å². The molecule has 4 nitrogen and oxygen atoms in total. The monoisotopic (exact) mass is 256 g/mol. The molecule has 4 heteroatoms. The fourth-order valence-electron chi connectivity index (χ4n) is 2.10. The molecule has 1 aliphatic heterocycles. The third-order valence-corrected chi connectivity index (χ3v) is 3.08. The normalized spacial score (nSPS) is 18.3. The Morgan fingerprint density at radius 2 is 1.95 bits per heavy atom. The number of ether oxygens (including phenoxy) is 2. The molecule has 0 N–H and O–H groups in total. The van der Waals surface area contributed by atoms with Gasteiger partial charge in [0, 0.05) is 0 Å². The summed E-state index contributed by atoms with van der Waals surface area (Å²) in [4.78, 5) is 22.9. The van der Waals surface area contributed by atoms with Crippen LogP contribution in [0.25, 0.3) is 10.8 Å². The van der Waals surface area contributed by atoms with Gasteiger partial charge in [-0.2, -0.15) is 0 Å². The molecule has 0 aromatic heterocycles. The molecular weight excluding hydrogens is 244 g/mol. The third kappa shape index (κ3) is 2.42. The van der Waals surface area contributed by atoms with Gasteiger partial charge in [0.1, 0.15) is 12.7 Å². The van der Waals surface area contributed by atoms with Crippen molar-refractivity contribution in [3.63, 3.8) is 0 Å². The number of carbonyl (C=O) groups excluding carboxylic acids is 2. The van der Waals surface area contributed by atoms with Crippen molar-refractivity contribution >= 4 is 22.7 Å². The average molecular weight is 256 g/mol. The lowest BCUT2D eigenvalue weighted by Crippen LogP contribution is -2.18. The molecule has 19 heavy (non-hydrogen) atoms. The molecule has 0 radical (unpaired) electrons. The SMILES string of the molecule is O=C1C[C@H](OC(=O)c2ccc3ccccc3c2)CO1. The Morgan fingerprint density at radius 3 is 2.68 bits per heavy atom. The molecule has 0 spiro atoms. The van der Waals surface area contributed by atoms with Crippen molar-refractivity contribution in [2.24, 2.45) is 0 Å². The summed E-state index contributed by atoms with van der Waals surface area (Å²) >= 11 is 0. The zero-order valence-corrected chi connectivity index (χ0v) is 10.2. The predicted molar refractivity (Wildman–Crippen MR) is 68.7 cm³/mol. The second kappa shape index (κ2) is 4.72. The Labute approximate surface area is 109 Å². The van der Waals surface area contributed by atoms with Crippen molar-refractivity contribution in [3.05, 3.63) is 48.0 Å². The van der Waals surface area contributed by atoms with Crippen LogP contribution in [0.15, 0.2) is 42.5 Å². The van der Waals surface area contributed by atoms with E-state index in [9.17, 15) is 9.59 Å². The van der Waals surface area contributed by atoms with Crippen LogP contribution in [-0.4, -0.2) is 24.6 Å². The molecule has 1 atom stereocenters. The lowest BCUT2D eigenvalue weighted by Gasteiger charge is -2.09. The highest BCUT2D eigenvalue weighted by molar-refractivity contribution is 5.95. The molecule has 1 heterocycles. The van der Waals surface area contributed by atoms with E-state index in [1.807, 2.05) is 30.3 Å². The molecule has 3 rings (SSSR count). The van der Waals surface area contributed by atoms with Crippen LogP contribution in [-0.2, 0) is 14.3 Å². The molecular formula is C15H12O4. The maximum atomic E-state index is 12.0. The van der Waals surface area contributed by atoms with Gasteiger partial charge in [0.25, 0.3) is 0 Å². The van der Waals surface area contributed by atoms with Crippen molar-refractivity contribution in [2.75, 3.05) is 6.61 Å². The van der Waals surface area contributed by atoms with E-state index in [1.54, 1.807) is 12.1 Å². The van der Waals surface area contributed by atoms with E-state index in [-0.39, 0.29) is 19.0 Å². The molecule has 2 aromatic carbocycles. The minimum Gasteiger partial charge on any atom is -0.462 e. The van der Waals surface area contributed by atoms with Gasteiger partial charge in [-0.1, -0.05) is 30.3 Å². The summed E-state index contributed by atoms with van der Waals surface area (Å²) in [5.41, 5.74) is 0.484. The Bertz CT molecular complexity index is 647. The van der Waals surface area contributed by atoms with Gasteiger partial charge < -0.3 is 9.47 Å². The highest BCUT2D eigenvalue weighted by atomic mass is 16.6. The van der Waals surface area contributed by atoms with Crippen LogP contribution in [0.1, 0.15) is 16.8 Å². The first-order chi connectivity index (χ1) is 9.22. The van der Waals surface area contributed by atoms with E-state index in [0.717, 1.165) is 10.8 Å². The number of fused-ring (bicyclic) bond motifs is 1. The second-order valence-electron chi connectivity index (χ2n) is 4.48. The topological polar surface area (TPSA) is 52.6 Å². The zero-order valence-electron chi connectivity index (χ0n) is 10.2. The highest BCUT2D eigenvalue weighted by Crippen LogP contribution is 2.18. The van der Waals surface area contributed by atoms with Gasteiger partial charge in [-0.05, 0) is 22.9 Å². The van der Waals surface area contributed by atoms with Gasteiger partial charge in [0.2, 0.25) is 0 Å². The molecule has 2 aromatic rings. The van der Waals surface area contributed by atoms with Gasteiger partial charge in [-0.25, -0.2) is 4.79 Å². The van der Waals surface area contributed by atoms with Crippen LogP contribution in [0.5, 0.6) is 0 Å². The number of carbonyl (C=O) groups is 2. The first-order valence-electron chi connectivity index (χ1n) is 6.08. The predicted octanol–water partition coefficient (Wildman–Crippen LogP) is 2.31. The van der Waals surface area contributed by atoms with Crippen LogP contribution < -0.4 is 0 Å². The summed E-state index contributed by atoms with van der Waals surface area (Å²) in [7, 11) is 0. The first kappa shape index (κ1) is 11.7. The molecule has 1 saturated heterocycles. The zero-order chi connectivity index (χ0) is 13.2. The minimum atomic E-state index is -0.466. The summed E-state index contributed by atoms with van der Waals surface area (Å²) in [5, 5.41) is 2.05. The number of esters is 2. The molecule has 1 aliphatic rings. The van der Waals surface area contributed by atoms with Gasteiger partial charge in [0.15, 0.2) is 0 Å². The van der Waals surface area contributed by atoms with Crippen molar-refractivity contribution in [1.82, 2.24) is 0 Å². The van der Waals surface area contributed by atoms with Crippen molar-refractivity contribution in [3.8, 4) is 0 Å². The number of hydrogen-bond acceptors (Lipinski definition) is 4. The Morgan fingerprint density at radius 1 is 1.16 bits per heavy atom. The lowest BCUT2D eigenvalue weighted by atomic mass is 10.1. The van der Waals surface area contributed by atoms with Gasteiger partial charge in [-0.3, -0.25) is 4.79 Å². The van der Waals surface area contributed by atoms with E-state index in [0.29, 0.717) is 5.56 Å².